The van der Waals surface area contributed by atoms with E-state index in [2.05, 4.69) is 0 Å². The molecule has 2 heterocycles. The van der Waals surface area contributed by atoms with Gasteiger partial charge in [0.1, 0.15) is 18.1 Å². The zero-order chi connectivity index (χ0) is 14.8. The van der Waals surface area contributed by atoms with Crippen LogP contribution in [0.5, 0.6) is 11.5 Å². The Morgan fingerprint density at radius 2 is 2.05 bits per heavy atom. The van der Waals surface area contributed by atoms with Gasteiger partial charge in [0.15, 0.2) is 11.5 Å². The number of thioether (sulfide) groups is 1. The lowest BCUT2D eigenvalue weighted by atomic mass is 10.3. The maximum absolute atomic E-state index is 11.0. The topological polar surface area (TPSA) is 55.8 Å². The normalized spacial score (nSPS) is 13.2. The molecule has 0 amide bonds. The molecule has 0 saturated carbocycles. The van der Waals surface area contributed by atoms with Crippen molar-refractivity contribution in [1.82, 2.24) is 0 Å². The molecule has 4 nitrogen and oxygen atoms in total. The molecule has 1 aliphatic heterocycles. The summed E-state index contributed by atoms with van der Waals surface area (Å²) in [5.41, 5.74) is 1.07. The number of fused-ring (bicyclic) bond motifs is 1. The van der Waals surface area contributed by atoms with Crippen LogP contribution in [-0.4, -0.2) is 24.3 Å². The zero-order valence-corrected chi connectivity index (χ0v) is 13.1. The van der Waals surface area contributed by atoms with Crippen LogP contribution in [0.25, 0.3) is 0 Å². The van der Waals surface area contributed by atoms with Gasteiger partial charge in [0.2, 0.25) is 0 Å². The van der Waals surface area contributed by atoms with E-state index in [1.165, 1.54) is 11.3 Å². The number of carboxylic acid groups (broad SMARTS) is 1. The fourth-order valence-corrected chi connectivity index (χ4v) is 3.99. The Bertz CT molecular complexity index is 678. The van der Waals surface area contributed by atoms with Gasteiger partial charge >= 0.3 is 5.97 Å². The molecule has 6 heteroatoms. The van der Waals surface area contributed by atoms with E-state index < -0.39 is 5.97 Å². The molecular formula is C15H14O4S2. The number of hydrogen-bond donors (Lipinski definition) is 1. The van der Waals surface area contributed by atoms with Crippen LogP contribution < -0.4 is 9.47 Å². The molecule has 0 fully saturated rings. The Hall–Kier alpha value is -1.66. The van der Waals surface area contributed by atoms with Crippen molar-refractivity contribution in [2.75, 3.05) is 13.2 Å². The van der Waals surface area contributed by atoms with Crippen LogP contribution in [0.15, 0.2) is 29.2 Å². The lowest BCUT2D eigenvalue weighted by molar-refractivity contribution is 0.0702. The Morgan fingerprint density at radius 3 is 2.76 bits per heavy atom. The van der Waals surface area contributed by atoms with Crippen molar-refractivity contribution >= 4 is 29.1 Å². The van der Waals surface area contributed by atoms with Crippen molar-refractivity contribution in [3.8, 4) is 11.5 Å². The summed E-state index contributed by atoms with van der Waals surface area (Å²) in [6.45, 7) is 3.12. The number of carboxylic acids is 1. The summed E-state index contributed by atoms with van der Waals surface area (Å²) >= 11 is 2.99. The average Bonchev–Trinajstić information content (AvgIpc) is 2.86. The minimum atomic E-state index is -0.862. The third-order valence-corrected chi connectivity index (χ3v) is 5.26. The molecule has 1 aromatic carbocycles. The summed E-state index contributed by atoms with van der Waals surface area (Å²) in [5, 5.41) is 9.01. The standard InChI is InChI=1S/C15H14O4S2/c1-9-10(6-14(21-9)15(16)17)8-20-11-2-3-12-13(7-11)19-5-4-18-12/h2-3,6-7H,4-5,8H2,1H3,(H,16,17). The van der Waals surface area contributed by atoms with E-state index in [1.807, 2.05) is 25.1 Å². The van der Waals surface area contributed by atoms with E-state index in [4.69, 9.17) is 14.6 Å². The number of ether oxygens (including phenoxy) is 2. The number of benzene rings is 1. The van der Waals surface area contributed by atoms with Gasteiger partial charge in [-0.25, -0.2) is 4.79 Å². The molecule has 1 N–H and O–H groups in total. The minimum Gasteiger partial charge on any atom is -0.486 e. The summed E-state index contributed by atoms with van der Waals surface area (Å²) in [6.07, 6.45) is 0. The Balaban J connectivity index is 1.71. The smallest absolute Gasteiger partial charge is 0.345 e. The van der Waals surface area contributed by atoms with Crippen molar-refractivity contribution in [2.45, 2.75) is 17.6 Å². The Morgan fingerprint density at radius 1 is 1.29 bits per heavy atom. The van der Waals surface area contributed by atoms with Gasteiger partial charge in [-0.2, -0.15) is 0 Å². The molecular weight excluding hydrogens is 308 g/mol. The van der Waals surface area contributed by atoms with Gasteiger partial charge in [-0.3, -0.25) is 0 Å². The molecule has 0 saturated heterocycles. The van der Waals surface area contributed by atoms with E-state index in [0.29, 0.717) is 18.1 Å². The molecule has 110 valence electrons. The number of thiophene rings is 1. The molecule has 1 aliphatic rings. The van der Waals surface area contributed by atoms with Gasteiger partial charge in [0, 0.05) is 15.5 Å². The van der Waals surface area contributed by atoms with Gasteiger partial charge in [0.05, 0.1) is 0 Å². The molecule has 21 heavy (non-hydrogen) atoms. The second kappa shape index (κ2) is 5.99. The second-order valence-corrected chi connectivity index (χ2v) is 6.90. The lowest BCUT2D eigenvalue weighted by Crippen LogP contribution is -2.15. The summed E-state index contributed by atoms with van der Waals surface area (Å²) < 4.78 is 11.1. The fraction of sp³-hybridized carbons (Fsp3) is 0.267. The van der Waals surface area contributed by atoms with E-state index in [9.17, 15) is 4.79 Å². The molecule has 0 atom stereocenters. The highest BCUT2D eigenvalue weighted by Crippen LogP contribution is 2.36. The maximum Gasteiger partial charge on any atom is 0.345 e. The van der Waals surface area contributed by atoms with Crippen LogP contribution in [0, 0.1) is 6.92 Å². The number of rotatable bonds is 4. The summed E-state index contributed by atoms with van der Waals surface area (Å²) in [4.78, 5) is 13.5. The predicted octanol–water partition coefficient (Wildman–Crippen LogP) is 3.82. The number of carbonyl (C=O) groups is 1. The first kappa shape index (κ1) is 14.3. The van der Waals surface area contributed by atoms with Crippen LogP contribution in [0.4, 0.5) is 0 Å². The molecule has 0 radical (unpaired) electrons. The van der Waals surface area contributed by atoms with Gasteiger partial charge in [0.25, 0.3) is 0 Å². The molecule has 0 aliphatic carbocycles. The first-order chi connectivity index (χ1) is 10.1. The van der Waals surface area contributed by atoms with Gasteiger partial charge < -0.3 is 14.6 Å². The highest BCUT2D eigenvalue weighted by atomic mass is 32.2. The van der Waals surface area contributed by atoms with Gasteiger partial charge in [-0.05, 0) is 36.8 Å². The van der Waals surface area contributed by atoms with Crippen molar-refractivity contribution in [3.05, 3.63) is 39.6 Å². The van der Waals surface area contributed by atoms with Gasteiger partial charge in [-0.15, -0.1) is 23.1 Å². The van der Waals surface area contributed by atoms with Crippen molar-refractivity contribution < 1.29 is 19.4 Å². The molecule has 0 spiro atoms. The minimum absolute atomic E-state index is 0.394. The monoisotopic (exact) mass is 322 g/mol. The first-order valence-corrected chi connectivity index (χ1v) is 8.29. The first-order valence-electron chi connectivity index (χ1n) is 6.48. The van der Waals surface area contributed by atoms with Crippen LogP contribution >= 0.6 is 23.1 Å². The molecule has 3 rings (SSSR count). The van der Waals surface area contributed by atoms with Crippen molar-refractivity contribution in [3.63, 3.8) is 0 Å². The Kier molecular flexibility index (Phi) is 4.07. The third kappa shape index (κ3) is 3.16. The summed E-state index contributed by atoms with van der Waals surface area (Å²) in [7, 11) is 0. The average molecular weight is 322 g/mol. The number of aromatic carboxylic acids is 1. The van der Waals surface area contributed by atoms with Crippen LogP contribution in [-0.2, 0) is 5.75 Å². The van der Waals surface area contributed by atoms with Crippen LogP contribution in [0.3, 0.4) is 0 Å². The van der Waals surface area contributed by atoms with Crippen molar-refractivity contribution in [2.24, 2.45) is 0 Å². The maximum atomic E-state index is 11.0. The van der Waals surface area contributed by atoms with E-state index in [-0.39, 0.29) is 0 Å². The molecule has 1 aromatic heterocycles. The third-order valence-electron chi connectivity index (χ3n) is 3.14. The van der Waals surface area contributed by atoms with E-state index in [1.54, 1.807) is 17.8 Å². The van der Waals surface area contributed by atoms with E-state index >= 15 is 0 Å². The highest BCUT2D eigenvalue weighted by Gasteiger charge is 2.14. The summed E-state index contributed by atoms with van der Waals surface area (Å²) in [5.74, 6) is 1.44. The largest absolute Gasteiger partial charge is 0.486 e. The molecule has 0 bridgehead atoms. The quantitative estimate of drug-likeness (QED) is 0.867. The molecule has 0 unspecified atom stereocenters. The fourth-order valence-electron chi connectivity index (χ4n) is 2.04. The van der Waals surface area contributed by atoms with E-state index in [0.717, 1.165) is 32.6 Å². The Labute approximate surface area is 130 Å². The van der Waals surface area contributed by atoms with Gasteiger partial charge in [-0.1, -0.05) is 0 Å². The predicted molar refractivity (Wildman–Crippen MR) is 83.0 cm³/mol. The molecule has 2 aromatic rings. The van der Waals surface area contributed by atoms with Crippen molar-refractivity contribution in [1.29, 1.82) is 0 Å². The van der Waals surface area contributed by atoms with Crippen LogP contribution in [0.2, 0.25) is 0 Å². The lowest BCUT2D eigenvalue weighted by Gasteiger charge is -2.18. The summed E-state index contributed by atoms with van der Waals surface area (Å²) in [6, 6.07) is 7.64. The zero-order valence-electron chi connectivity index (χ0n) is 11.4. The second-order valence-electron chi connectivity index (χ2n) is 4.59. The number of hydrogen-bond acceptors (Lipinski definition) is 5. The number of aryl methyl sites for hydroxylation is 1. The SMILES string of the molecule is Cc1sc(C(=O)O)cc1CSc1ccc2c(c1)OCCO2. The van der Waals surface area contributed by atoms with Crippen LogP contribution in [0.1, 0.15) is 20.1 Å². The highest BCUT2D eigenvalue weighted by molar-refractivity contribution is 7.98.